The molecule has 0 fully saturated rings. The number of hydrogen-bond acceptors (Lipinski definition) is 5. The molecule has 0 aliphatic heterocycles. The molecule has 3 aromatic carbocycles. The Balaban J connectivity index is 1.72. The Hall–Kier alpha value is -3.87. The molecule has 0 radical (unpaired) electrons. The number of rotatable bonds is 6. The van der Waals surface area contributed by atoms with Crippen LogP contribution in [-0.4, -0.2) is 31.0 Å². The number of carbonyl (C=O) groups is 3. The fourth-order valence-corrected chi connectivity index (χ4v) is 2.87. The number of amides is 2. The molecule has 3 aromatic rings. The normalized spacial score (nSPS) is 11.5. The van der Waals surface area contributed by atoms with E-state index >= 15 is 0 Å². The van der Waals surface area contributed by atoms with E-state index < -0.39 is 23.9 Å². The van der Waals surface area contributed by atoms with Crippen molar-refractivity contribution in [2.45, 2.75) is 13.0 Å². The van der Waals surface area contributed by atoms with E-state index in [0.717, 1.165) is 5.39 Å². The van der Waals surface area contributed by atoms with E-state index in [0.29, 0.717) is 28.0 Å². The zero-order chi connectivity index (χ0) is 21.0. The van der Waals surface area contributed by atoms with Crippen molar-refractivity contribution < 1.29 is 23.9 Å². The fraction of sp³-hybridized carbons (Fsp3) is 0.136. The van der Waals surface area contributed by atoms with Crippen molar-refractivity contribution in [3.05, 3.63) is 71.8 Å². The number of esters is 1. The summed E-state index contributed by atoms with van der Waals surface area (Å²) in [6, 6.07) is 16.7. The lowest BCUT2D eigenvalue weighted by Gasteiger charge is -2.15. The number of methoxy groups -OCH3 is 1. The minimum absolute atomic E-state index is 0.328. The molecule has 0 heterocycles. The first kappa shape index (κ1) is 19.9. The van der Waals surface area contributed by atoms with Crippen molar-refractivity contribution >= 4 is 34.2 Å². The van der Waals surface area contributed by atoms with Gasteiger partial charge in [0.15, 0.2) is 6.10 Å². The third kappa shape index (κ3) is 4.35. The second kappa shape index (κ2) is 8.43. The van der Waals surface area contributed by atoms with E-state index in [-0.39, 0.29) is 0 Å². The number of nitrogens with two attached hydrogens (primary N) is 1. The summed E-state index contributed by atoms with van der Waals surface area (Å²) in [4.78, 5) is 36.1. The van der Waals surface area contributed by atoms with E-state index in [2.05, 4.69) is 5.32 Å². The summed E-state index contributed by atoms with van der Waals surface area (Å²) in [5.41, 5.74) is 6.31. The average molecular weight is 392 g/mol. The van der Waals surface area contributed by atoms with Crippen molar-refractivity contribution in [1.29, 1.82) is 0 Å². The Morgan fingerprint density at radius 1 is 0.931 bits per heavy atom. The summed E-state index contributed by atoms with van der Waals surface area (Å²) < 4.78 is 10.7. The minimum atomic E-state index is -1.03. The quantitative estimate of drug-likeness (QED) is 0.627. The molecule has 7 heteroatoms. The van der Waals surface area contributed by atoms with Crippen molar-refractivity contribution in [2.24, 2.45) is 5.73 Å². The number of fused-ring (bicyclic) bond motifs is 1. The molecular formula is C22H20N2O5. The molecule has 0 bridgehead atoms. The molecule has 0 unspecified atom stereocenters. The lowest BCUT2D eigenvalue weighted by atomic mass is 10.0. The highest BCUT2D eigenvalue weighted by Crippen LogP contribution is 2.29. The molecule has 148 valence electrons. The molecule has 0 spiro atoms. The van der Waals surface area contributed by atoms with Crippen LogP contribution in [0.1, 0.15) is 27.6 Å². The molecule has 29 heavy (non-hydrogen) atoms. The molecular weight excluding hydrogens is 372 g/mol. The van der Waals surface area contributed by atoms with Crippen LogP contribution in [0.5, 0.6) is 5.75 Å². The van der Waals surface area contributed by atoms with Gasteiger partial charge >= 0.3 is 5.97 Å². The van der Waals surface area contributed by atoms with Gasteiger partial charge in [0.05, 0.1) is 12.7 Å². The van der Waals surface area contributed by atoms with Gasteiger partial charge in [0.2, 0.25) is 5.91 Å². The summed E-state index contributed by atoms with van der Waals surface area (Å²) in [6.07, 6.45) is -1.03. The van der Waals surface area contributed by atoms with E-state index in [9.17, 15) is 14.4 Å². The van der Waals surface area contributed by atoms with E-state index in [1.54, 1.807) is 37.4 Å². The molecule has 2 amide bonds. The largest absolute Gasteiger partial charge is 0.496 e. The van der Waals surface area contributed by atoms with E-state index in [1.807, 2.05) is 18.2 Å². The third-order valence-corrected chi connectivity index (χ3v) is 4.41. The molecule has 0 aliphatic carbocycles. The molecule has 1 atom stereocenters. The molecule has 0 saturated heterocycles. The molecule has 7 nitrogen and oxygen atoms in total. The van der Waals surface area contributed by atoms with Crippen molar-refractivity contribution in [2.75, 3.05) is 12.4 Å². The van der Waals surface area contributed by atoms with Crippen LogP contribution in [-0.2, 0) is 9.53 Å². The van der Waals surface area contributed by atoms with Crippen molar-refractivity contribution in [3.8, 4) is 5.75 Å². The van der Waals surface area contributed by atoms with Gasteiger partial charge in [0, 0.05) is 16.6 Å². The zero-order valence-electron chi connectivity index (χ0n) is 16.0. The number of anilines is 1. The monoisotopic (exact) mass is 392 g/mol. The standard InChI is InChI=1S/C22H20N2O5/c1-13(21(26)24-15-9-7-14(8-10-15)20(23)25)29-22(27)18-11-12-19(28-2)17-6-4-3-5-16(17)18/h3-13H,1-2H3,(H2,23,25)(H,24,26)/t13-/m1/s1. The molecule has 0 saturated carbocycles. The highest BCUT2D eigenvalue weighted by Gasteiger charge is 2.21. The average Bonchev–Trinajstić information content (AvgIpc) is 2.73. The molecule has 0 aliphatic rings. The van der Waals surface area contributed by atoms with Gasteiger partial charge in [-0.15, -0.1) is 0 Å². The number of primary amides is 1. The summed E-state index contributed by atoms with van der Waals surface area (Å²) >= 11 is 0. The van der Waals surface area contributed by atoms with E-state index in [4.69, 9.17) is 15.2 Å². The van der Waals surface area contributed by atoms with Crippen molar-refractivity contribution in [3.63, 3.8) is 0 Å². The van der Waals surface area contributed by atoms with Gasteiger partial charge < -0.3 is 20.5 Å². The maximum atomic E-state index is 12.7. The van der Waals surface area contributed by atoms with Crippen LogP contribution < -0.4 is 15.8 Å². The fourth-order valence-electron chi connectivity index (χ4n) is 2.87. The summed E-state index contributed by atoms with van der Waals surface area (Å²) in [7, 11) is 1.56. The second-order valence-electron chi connectivity index (χ2n) is 6.34. The number of nitrogens with one attached hydrogen (secondary N) is 1. The van der Waals surface area contributed by atoms with Gasteiger partial charge in [-0.25, -0.2) is 4.79 Å². The predicted octanol–water partition coefficient (Wildman–Crippen LogP) is 3.13. The molecule has 3 rings (SSSR count). The van der Waals surface area contributed by atoms with E-state index in [1.165, 1.54) is 19.1 Å². The zero-order valence-corrected chi connectivity index (χ0v) is 16.0. The number of benzene rings is 3. The van der Waals surface area contributed by atoms with Crippen LogP contribution in [0.4, 0.5) is 5.69 Å². The summed E-state index contributed by atoms with van der Waals surface area (Å²) in [5.74, 6) is -1.03. The van der Waals surface area contributed by atoms with Gasteiger partial charge in [0.25, 0.3) is 5.91 Å². The van der Waals surface area contributed by atoms with Gasteiger partial charge in [-0.3, -0.25) is 9.59 Å². The summed E-state index contributed by atoms with van der Waals surface area (Å²) in [5, 5.41) is 4.08. The Labute approximate surface area is 167 Å². The van der Waals surface area contributed by atoms with Crippen LogP contribution in [0.2, 0.25) is 0 Å². The SMILES string of the molecule is COc1ccc(C(=O)O[C@H](C)C(=O)Nc2ccc(C(N)=O)cc2)c2ccccc12. The Bertz CT molecular complexity index is 1080. The number of carbonyl (C=O) groups excluding carboxylic acids is 3. The lowest BCUT2D eigenvalue weighted by Crippen LogP contribution is -2.30. The lowest BCUT2D eigenvalue weighted by molar-refractivity contribution is -0.123. The molecule has 0 aromatic heterocycles. The first-order valence-corrected chi connectivity index (χ1v) is 8.88. The maximum absolute atomic E-state index is 12.7. The van der Waals surface area contributed by atoms with Gasteiger partial charge in [-0.05, 0) is 48.7 Å². The number of hydrogen-bond donors (Lipinski definition) is 2. The Kier molecular flexibility index (Phi) is 5.78. The Morgan fingerprint density at radius 2 is 1.59 bits per heavy atom. The first-order chi connectivity index (χ1) is 13.9. The van der Waals surface area contributed by atoms with Gasteiger partial charge in [-0.2, -0.15) is 0 Å². The van der Waals surface area contributed by atoms with Crippen LogP contribution in [0.25, 0.3) is 10.8 Å². The highest BCUT2D eigenvalue weighted by atomic mass is 16.5. The van der Waals surface area contributed by atoms with Crippen LogP contribution >= 0.6 is 0 Å². The van der Waals surface area contributed by atoms with Crippen molar-refractivity contribution in [1.82, 2.24) is 0 Å². The first-order valence-electron chi connectivity index (χ1n) is 8.88. The maximum Gasteiger partial charge on any atom is 0.339 e. The summed E-state index contributed by atoms with van der Waals surface area (Å²) in [6.45, 7) is 1.48. The third-order valence-electron chi connectivity index (χ3n) is 4.41. The topological polar surface area (TPSA) is 108 Å². The Morgan fingerprint density at radius 3 is 2.21 bits per heavy atom. The van der Waals surface area contributed by atoms with Gasteiger partial charge in [-0.1, -0.05) is 24.3 Å². The molecule has 3 N–H and O–H groups in total. The van der Waals surface area contributed by atoms with Gasteiger partial charge in [0.1, 0.15) is 5.75 Å². The highest BCUT2D eigenvalue weighted by molar-refractivity contribution is 6.07. The van der Waals surface area contributed by atoms with Crippen LogP contribution in [0, 0.1) is 0 Å². The minimum Gasteiger partial charge on any atom is -0.496 e. The van der Waals surface area contributed by atoms with Crippen LogP contribution in [0.3, 0.4) is 0 Å². The number of ether oxygens (including phenoxy) is 2. The predicted molar refractivity (Wildman–Crippen MR) is 109 cm³/mol. The van der Waals surface area contributed by atoms with Crippen LogP contribution in [0.15, 0.2) is 60.7 Å². The smallest absolute Gasteiger partial charge is 0.339 e. The second-order valence-corrected chi connectivity index (χ2v) is 6.34.